The third-order valence-electron chi connectivity index (χ3n) is 5.53. The summed E-state index contributed by atoms with van der Waals surface area (Å²) in [6.07, 6.45) is 9.09. The van der Waals surface area contributed by atoms with Crippen molar-refractivity contribution >= 4 is 14.2 Å². The van der Waals surface area contributed by atoms with Crippen molar-refractivity contribution in [3.8, 4) is 0 Å². The Balaban J connectivity index is 1.83. The third kappa shape index (κ3) is 3.78. The van der Waals surface area contributed by atoms with E-state index in [0.717, 1.165) is 13.0 Å². The molecule has 1 aliphatic carbocycles. The Morgan fingerprint density at radius 1 is 1.38 bits per heavy atom. The van der Waals surface area contributed by atoms with Gasteiger partial charge in [0.25, 0.3) is 0 Å². The largest absolute Gasteiger partial charge is 0.417 e. The average Bonchev–Trinajstić information content (AvgIpc) is 2.40. The number of nitrogens with one attached hydrogen (secondary N) is 1. The molecule has 1 aliphatic heterocycles. The Bertz CT molecular complexity index is 412. The van der Waals surface area contributed by atoms with Gasteiger partial charge in [0, 0.05) is 12.6 Å². The summed E-state index contributed by atoms with van der Waals surface area (Å²) in [5.74, 6) is 0.912. The lowest BCUT2D eigenvalue weighted by Crippen LogP contribution is -2.61. The highest BCUT2D eigenvalue weighted by molar-refractivity contribution is 6.74. The van der Waals surface area contributed by atoms with Crippen molar-refractivity contribution in [1.82, 2.24) is 5.32 Å². The maximum absolute atomic E-state index is 11.9. The van der Waals surface area contributed by atoms with Gasteiger partial charge >= 0.3 is 0 Å². The zero-order chi connectivity index (χ0) is 15.7. The van der Waals surface area contributed by atoms with Crippen LogP contribution in [-0.2, 0) is 9.22 Å². The molecule has 4 heteroatoms. The second kappa shape index (κ2) is 6.25. The van der Waals surface area contributed by atoms with E-state index in [9.17, 15) is 4.79 Å². The Morgan fingerprint density at radius 3 is 2.62 bits per heavy atom. The highest BCUT2D eigenvalue weighted by atomic mass is 28.4. The van der Waals surface area contributed by atoms with E-state index in [1.54, 1.807) is 0 Å². The summed E-state index contributed by atoms with van der Waals surface area (Å²) in [4.78, 5) is 11.9. The van der Waals surface area contributed by atoms with Crippen molar-refractivity contribution in [2.45, 2.75) is 70.6 Å². The standard InChI is InChI=1S/C17H31NO2Si/c1-17(2,3)21(4,5)20-12-11-14-15(18-16(14)19)13-9-7-6-8-10-13/h7,9,13-15H,6,8,10-12H2,1-5H3,(H,18,19)/t13-,14-,15-/m0/s1. The molecular formula is C17H31NO2Si. The predicted molar refractivity (Wildman–Crippen MR) is 89.7 cm³/mol. The second-order valence-corrected chi connectivity index (χ2v) is 12.9. The predicted octanol–water partition coefficient (Wildman–Crippen LogP) is 3.87. The van der Waals surface area contributed by atoms with Crippen LogP contribution in [0.2, 0.25) is 18.1 Å². The molecule has 2 rings (SSSR count). The molecule has 0 saturated carbocycles. The third-order valence-corrected chi connectivity index (χ3v) is 10.1. The number of β-lactam (4-membered cyclic amide) rings is 1. The minimum absolute atomic E-state index is 0.155. The smallest absolute Gasteiger partial charge is 0.225 e. The number of hydrogen-bond donors (Lipinski definition) is 1. The maximum atomic E-state index is 11.9. The Morgan fingerprint density at radius 2 is 2.10 bits per heavy atom. The monoisotopic (exact) mass is 309 g/mol. The zero-order valence-corrected chi connectivity index (χ0v) is 15.2. The topological polar surface area (TPSA) is 38.3 Å². The highest BCUT2D eigenvalue weighted by Gasteiger charge is 2.43. The van der Waals surface area contributed by atoms with Gasteiger partial charge in [0.15, 0.2) is 8.32 Å². The first kappa shape index (κ1) is 16.8. The van der Waals surface area contributed by atoms with Crippen LogP contribution in [0, 0.1) is 11.8 Å². The van der Waals surface area contributed by atoms with Gasteiger partial charge in [0.2, 0.25) is 5.91 Å². The van der Waals surface area contributed by atoms with Crippen LogP contribution >= 0.6 is 0 Å². The lowest BCUT2D eigenvalue weighted by atomic mass is 9.76. The zero-order valence-electron chi connectivity index (χ0n) is 14.2. The molecule has 0 aromatic heterocycles. The molecule has 120 valence electrons. The summed E-state index contributed by atoms with van der Waals surface area (Å²) in [5, 5.41) is 3.34. The van der Waals surface area contributed by atoms with E-state index in [1.807, 2.05) is 0 Å². The molecule has 0 aromatic rings. The summed E-state index contributed by atoms with van der Waals surface area (Å²) >= 11 is 0. The number of allylic oxidation sites excluding steroid dienone is 1. The molecule has 1 fully saturated rings. The first-order chi connectivity index (χ1) is 9.72. The number of carbonyl (C=O) groups is 1. The van der Waals surface area contributed by atoms with Gasteiger partial charge in [-0.1, -0.05) is 32.9 Å². The van der Waals surface area contributed by atoms with Crippen LogP contribution in [0.4, 0.5) is 0 Å². The summed E-state index contributed by atoms with van der Waals surface area (Å²) < 4.78 is 6.23. The van der Waals surface area contributed by atoms with E-state index < -0.39 is 8.32 Å². The van der Waals surface area contributed by atoms with E-state index in [0.29, 0.717) is 12.0 Å². The minimum atomic E-state index is -1.69. The molecule has 0 aromatic carbocycles. The lowest BCUT2D eigenvalue weighted by Gasteiger charge is -2.43. The van der Waals surface area contributed by atoms with Crippen LogP contribution < -0.4 is 5.32 Å². The molecule has 3 nitrogen and oxygen atoms in total. The van der Waals surface area contributed by atoms with Gasteiger partial charge in [-0.25, -0.2) is 0 Å². The summed E-state index contributed by atoms with van der Waals surface area (Å²) in [7, 11) is -1.69. The summed E-state index contributed by atoms with van der Waals surface area (Å²) in [6.45, 7) is 12.0. The van der Waals surface area contributed by atoms with E-state index >= 15 is 0 Å². The molecule has 2 aliphatic rings. The van der Waals surface area contributed by atoms with E-state index in [-0.39, 0.29) is 16.9 Å². The van der Waals surface area contributed by atoms with Crippen LogP contribution in [0.1, 0.15) is 46.5 Å². The normalized spacial score (nSPS) is 30.0. The Labute approximate surface area is 130 Å². The van der Waals surface area contributed by atoms with Gasteiger partial charge in [0.1, 0.15) is 0 Å². The fraction of sp³-hybridized carbons (Fsp3) is 0.824. The van der Waals surface area contributed by atoms with Crippen molar-refractivity contribution < 1.29 is 9.22 Å². The van der Waals surface area contributed by atoms with Crippen molar-refractivity contribution in [2.75, 3.05) is 6.61 Å². The van der Waals surface area contributed by atoms with Crippen LogP contribution in [0.25, 0.3) is 0 Å². The minimum Gasteiger partial charge on any atom is -0.417 e. The van der Waals surface area contributed by atoms with Gasteiger partial charge in [-0.2, -0.15) is 0 Å². The van der Waals surface area contributed by atoms with Crippen LogP contribution in [0.15, 0.2) is 12.2 Å². The van der Waals surface area contributed by atoms with E-state index in [1.165, 1.54) is 19.3 Å². The van der Waals surface area contributed by atoms with Crippen molar-refractivity contribution in [3.63, 3.8) is 0 Å². The van der Waals surface area contributed by atoms with Crippen molar-refractivity contribution in [3.05, 3.63) is 12.2 Å². The van der Waals surface area contributed by atoms with Gasteiger partial charge in [0.05, 0.1) is 5.92 Å². The van der Waals surface area contributed by atoms with Gasteiger partial charge in [-0.05, 0) is 49.7 Å². The molecule has 0 spiro atoms. The van der Waals surface area contributed by atoms with Crippen LogP contribution in [-0.4, -0.2) is 26.9 Å². The van der Waals surface area contributed by atoms with E-state index in [4.69, 9.17) is 4.43 Å². The molecule has 1 amide bonds. The van der Waals surface area contributed by atoms with Crippen LogP contribution in [0.5, 0.6) is 0 Å². The highest BCUT2D eigenvalue weighted by Crippen LogP contribution is 2.37. The first-order valence-electron chi connectivity index (χ1n) is 8.33. The van der Waals surface area contributed by atoms with Gasteiger partial charge in [-0.3, -0.25) is 4.79 Å². The fourth-order valence-corrected chi connectivity index (χ4v) is 4.01. The van der Waals surface area contributed by atoms with E-state index in [2.05, 4.69) is 51.3 Å². The summed E-state index contributed by atoms with van der Waals surface area (Å²) in [5.41, 5.74) is 0. The van der Waals surface area contributed by atoms with Gasteiger partial charge in [-0.15, -0.1) is 0 Å². The number of hydrogen-bond acceptors (Lipinski definition) is 2. The first-order valence-corrected chi connectivity index (χ1v) is 11.2. The maximum Gasteiger partial charge on any atom is 0.225 e. The molecule has 0 unspecified atom stereocenters. The quantitative estimate of drug-likeness (QED) is 0.475. The van der Waals surface area contributed by atoms with Gasteiger partial charge < -0.3 is 9.74 Å². The van der Waals surface area contributed by atoms with Crippen LogP contribution in [0.3, 0.4) is 0 Å². The summed E-state index contributed by atoms with van der Waals surface area (Å²) in [6, 6.07) is 0.345. The molecule has 3 atom stereocenters. The van der Waals surface area contributed by atoms with Crippen molar-refractivity contribution in [1.29, 1.82) is 0 Å². The second-order valence-electron chi connectivity index (χ2n) is 8.06. The molecule has 1 heterocycles. The number of carbonyl (C=O) groups excluding carboxylic acids is 1. The molecule has 0 bridgehead atoms. The SMILES string of the molecule is CC(C)(C)[Si](C)(C)OCC[C@@H]1C(=O)N[C@H]1[C@H]1C=CCCC1. The molecule has 1 saturated heterocycles. The van der Waals surface area contributed by atoms with Crippen molar-refractivity contribution in [2.24, 2.45) is 11.8 Å². The molecule has 1 N–H and O–H groups in total. The Kier molecular flexibility index (Phi) is 4.98. The lowest BCUT2D eigenvalue weighted by molar-refractivity contribution is -0.137. The fourth-order valence-electron chi connectivity index (χ4n) is 2.95. The molecular weight excluding hydrogens is 278 g/mol. The molecule has 0 radical (unpaired) electrons. The number of rotatable bonds is 5. The molecule has 21 heavy (non-hydrogen) atoms. The number of amides is 1. The Hall–Kier alpha value is -0.613. The average molecular weight is 310 g/mol.